The van der Waals surface area contributed by atoms with E-state index < -0.39 is 10.0 Å². The van der Waals surface area contributed by atoms with Crippen LogP contribution in [0.25, 0.3) is 10.2 Å². The van der Waals surface area contributed by atoms with Gasteiger partial charge in [-0.25, -0.2) is 13.4 Å². The number of sulfonamides is 1. The monoisotopic (exact) mass is 577 g/mol. The number of carbonyl (C=O) groups is 1. The van der Waals surface area contributed by atoms with Crippen molar-refractivity contribution in [2.45, 2.75) is 63.3 Å². The lowest BCUT2D eigenvalue weighted by Crippen LogP contribution is -3.00. The normalized spacial score (nSPS) is 14.7. The van der Waals surface area contributed by atoms with E-state index >= 15 is 0 Å². The summed E-state index contributed by atoms with van der Waals surface area (Å²) >= 11 is 1.52. The summed E-state index contributed by atoms with van der Waals surface area (Å²) in [5, 5.41) is 0.668. The third kappa shape index (κ3) is 6.57. The Hall–Kier alpha value is -2.04. The molecule has 1 aliphatic rings. The predicted molar refractivity (Wildman–Crippen MR) is 152 cm³/mol. The SMILES string of the molecule is Cc1ccc2sc(N(CCCN(C)C)C(=O)c3ccc(S(=O)(=O)N(C)C4CCCCC4)cc3)nc2c1C.[Cl-]. The quantitative estimate of drug-likeness (QED) is 0.391. The Morgan fingerprint density at radius 2 is 1.63 bits per heavy atom. The lowest BCUT2D eigenvalue weighted by atomic mass is 9.96. The van der Waals surface area contributed by atoms with Crippen molar-refractivity contribution in [1.29, 1.82) is 0 Å². The highest BCUT2D eigenvalue weighted by Crippen LogP contribution is 2.33. The first kappa shape index (κ1) is 30.5. The van der Waals surface area contributed by atoms with Crippen LogP contribution >= 0.6 is 11.3 Å². The summed E-state index contributed by atoms with van der Waals surface area (Å²) in [5.41, 5.74) is 3.68. The fraction of sp³-hybridized carbons (Fsp3) is 0.500. The number of aryl methyl sites for hydroxylation is 2. The number of halogens is 1. The van der Waals surface area contributed by atoms with Crippen molar-refractivity contribution >= 4 is 42.6 Å². The first-order valence-corrected chi connectivity index (χ1v) is 15.3. The number of thiazole rings is 1. The van der Waals surface area contributed by atoms with Crippen LogP contribution in [-0.2, 0) is 10.0 Å². The number of hydrogen-bond donors (Lipinski definition) is 0. The molecule has 1 heterocycles. The van der Waals surface area contributed by atoms with E-state index in [0.29, 0.717) is 17.2 Å². The van der Waals surface area contributed by atoms with Crippen LogP contribution in [0.5, 0.6) is 0 Å². The maximum absolute atomic E-state index is 13.7. The number of benzene rings is 2. The second-order valence-electron chi connectivity index (χ2n) is 10.3. The Bertz CT molecular complexity index is 1350. The highest BCUT2D eigenvalue weighted by atomic mass is 35.5. The Morgan fingerprint density at radius 3 is 2.26 bits per heavy atom. The van der Waals surface area contributed by atoms with Gasteiger partial charge in [-0.2, -0.15) is 4.31 Å². The molecule has 1 saturated carbocycles. The number of hydrogen-bond acceptors (Lipinski definition) is 6. The molecule has 0 atom stereocenters. The molecule has 4 rings (SSSR count). The van der Waals surface area contributed by atoms with E-state index in [1.807, 2.05) is 14.1 Å². The first-order chi connectivity index (χ1) is 17.6. The van der Waals surface area contributed by atoms with Crippen molar-refractivity contribution in [1.82, 2.24) is 14.2 Å². The summed E-state index contributed by atoms with van der Waals surface area (Å²) in [4.78, 5) is 22.6. The molecule has 0 spiro atoms. The molecule has 0 bridgehead atoms. The number of anilines is 1. The molecule has 10 heteroatoms. The molecule has 0 N–H and O–H groups in total. The van der Waals surface area contributed by atoms with Gasteiger partial charge in [-0.05, 0) is 95.2 Å². The van der Waals surface area contributed by atoms with Crippen molar-refractivity contribution in [3.8, 4) is 0 Å². The zero-order valence-electron chi connectivity index (χ0n) is 22.9. The van der Waals surface area contributed by atoms with Gasteiger partial charge in [-0.1, -0.05) is 36.7 Å². The molecule has 0 saturated heterocycles. The smallest absolute Gasteiger partial charge is 0.260 e. The minimum Gasteiger partial charge on any atom is -1.00 e. The summed E-state index contributed by atoms with van der Waals surface area (Å²) in [6.07, 6.45) is 5.88. The zero-order valence-corrected chi connectivity index (χ0v) is 25.3. The van der Waals surface area contributed by atoms with Crippen LogP contribution in [0.2, 0.25) is 0 Å². The summed E-state index contributed by atoms with van der Waals surface area (Å²) in [6, 6.07) is 10.6. The molecule has 0 radical (unpaired) electrons. The van der Waals surface area contributed by atoms with Gasteiger partial charge in [-0.15, -0.1) is 0 Å². The number of fused-ring (bicyclic) bond motifs is 1. The van der Waals surface area contributed by atoms with Gasteiger partial charge in [0, 0.05) is 25.2 Å². The minimum absolute atomic E-state index is 0. The van der Waals surface area contributed by atoms with Gasteiger partial charge in [0.15, 0.2) is 5.13 Å². The van der Waals surface area contributed by atoms with Crippen molar-refractivity contribution in [2.24, 2.45) is 0 Å². The maximum Gasteiger partial charge on any atom is 0.260 e. The van der Waals surface area contributed by atoms with Crippen molar-refractivity contribution in [3.05, 3.63) is 53.1 Å². The summed E-state index contributed by atoms with van der Waals surface area (Å²) in [5.74, 6) is -0.170. The molecule has 1 aliphatic carbocycles. The molecule has 208 valence electrons. The van der Waals surface area contributed by atoms with Crippen molar-refractivity contribution < 1.29 is 25.6 Å². The Morgan fingerprint density at radius 1 is 0.974 bits per heavy atom. The average molecular weight is 578 g/mol. The molecule has 1 amide bonds. The number of rotatable bonds is 9. The summed E-state index contributed by atoms with van der Waals surface area (Å²) in [7, 11) is 2.09. The van der Waals surface area contributed by atoms with Crippen LogP contribution in [0.4, 0.5) is 5.13 Å². The Labute approximate surface area is 237 Å². The van der Waals surface area contributed by atoms with Gasteiger partial charge in [0.25, 0.3) is 5.91 Å². The standard InChI is InChI=1S/C28H38N4O3S2.ClH/c1-20-12-17-25-26(21(20)2)29-28(36-25)32(19-9-18-30(3)4)27(33)22-13-15-24(16-14-22)37(34,35)31(5)23-10-7-6-8-11-23;/h12-17,23H,6-11,18-19H2,1-5H3;1H/p-1. The Balaban J connectivity index is 0.00000400. The lowest BCUT2D eigenvalue weighted by molar-refractivity contribution is -0.0000180. The van der Waals surface area contributed by atoms with Crippen LogP contribution in [-0.4, -0.2) is 68.8 Å². The highest BCUT2D eigenvalue weighted by Gasteiger charge is 2.29. The maximum atomic E-state index is 13.7. The molecule has 0 unspecified atom stereocenters. The number of aromatic nitrogens is 1. The van der Waals surface area contributed by atoms with Crippen molar-refractivity contribution in [2.75, 3.05) is 39.1 Å². The van der Waals surface area contributed by atoms with Gasteiger partial charge >= 0.3 is 0 Å². The fourth-order valence-corrected chi connectivity index (χ4v) is 7.36. The number of nitrogens with zero attached hydrogens (tertiary/aromatic N) is 4. The topological polar surface area (TPSA) is 73.8 Å². The summed E-state index contributed by atoms with van der Waals surface area (Å²) in [6.45, 7) is 5.49. The highest BCUT2D eigenvalue weighted by molar-refractivity contribution is 7.89. The van der Waals surface area contributed by atoms with Crippen LogP contribution < -0.4 is 17.3 Å². The average Bonchev–Trinajstić information content (AvgIpc) is 3.33. The predicted octanol–water partition coefficient (Wildman–Crippen LogP) is 2.47. The van der Waals surface area contributed by atoms with E-state index in [9.17, 15) is 13.2 Å². The number of amides is 1. The molecule has 3 aromatic rings. The van der Waals surface area contributed by atoms with Gasteiger partial charge < -0.3 is 17.3 Å². The van der Waals surface area contributed by atoms with Gasteiger partial charge in [0.1, 0.15) is 0 Å². The molecule has 0 aliphatic heterocycles. The largest absolute Gasteiger partial charge is 1.00 e. The second kappa shape index (κ2) is 12.9. The van der Waals surface area contributed by atoms with E-state index in [1.54, 1.807) is 36.2 Å². The number of carbonyl (C=O) groups excluding carboxylic acids is 1. The first-order valence-electron chi connectivity index (χ1n) is 13.0. The molecule has 1 aromatic heterocycles. The van der Waals surface area contributed by atoms with E-state index in [-0.39, 0.29) is 29.3 Å². The summed E-state index contributed by atoms with van der Waals surface area (Å²) < 4.78 is 29.1. The van der Waals surface area contributed by atoms with Gasteiger partial charge in [-0.3, -0.25) is 9.69 Å². The van der Waals surface area contributed by atoms with Crippen LogP contribution in [0.15, 0.2) is 41.3 Å². The van der Waals surface area contributed by atoms with Crippen LogP contribution in [0.3, 0.4) is 0 Å². The molecule has 2 aromatic carbocycles. The van der Waals surface area contributed by atoms with Crippen LogP contribution in [0.1, 0.15) is 60.0 Å². The van der Waals surface area contributed by atoms with Gasteiger partial charge in [0.05, 0.1) is 15.1 Å². The second-order valence-corrected chi connectivity index (χ2v) is 13.3. The minimum atomic E-state index is -3.61. The molecule has 1 fully saturated rings. The third-order valence-electron chi connectivity index (χ3n) is 7.40. The zero-order chi connectivity index (χ0) is 26.7. The van der Waals surface area contributed by atoms with Crippen molar-refractivity contribution in [3.63, 3.8) is 0 Å². The van der Waals surface area contributed by atoms with E-state index in [4.69, 9.17) is 4.98 Å². The fourth-order valence-electron chi connectivity index (χ4n) is 4.89. The third-order valence-corrected chi connectivity index (χ3v) is 10.4. The molecule has 38 heavy (non-hydrogen) atoms. The molecular formula is C28H38ClN4O3S2-. The Kier molecular flexibility index (Phi) is 10.3. The van der Waals surface area contributed by atoms with Gasteiger partial charge in [0.2, 0.25) is 10.0 Å². The molecular weight excluding hydrogens is 540 g/mol. The van der Waals surface area contributed by atoms with E-state index in [2.05, 4.69) is 30.9 Å². The van der Waals surface area contributed by atoms with E-state index in [1.165, 1.54) is 27.6 Å². The van der Waals surface area contributed by atoms with E-state index in [0.717, 1.165) is 54.4 Å². The molecule has 7 nitrogen and oxygen atoms in total. The lowest BCUT2D eigenvalue weighted by Gasteiger charge is -2.30. The van der Waals surface area contributed by atoms with Crippen LogP contribution in [0, 0.1) is 13.8 Å².